The molecular weight excluding hydrogens is 304 g/mol. The standard InChI is InChI=1S/C11H15BrN2O4/c1-11(2,17-3)4-5-18-10-9(14(15)16)6-8(12)7-13-10/h6-7H,4-5H2,1-3H3. The van der Waals surface area contributed by atoms with Gasteiger partial charge < -0.3 is 9.47 Å². The molecular formula is C11H15BrN2O4. The molecule has 0 fully saturated rings. The molecule has 0 unspecified atom stereocenters. The average Bonchev–Trinajstić information content (AvgIpc) is 2.30. The Morgan fingerprint density at radius 3 is 2.78 bits per heavy atom. The Bertz CT molecular complexity index is 437. The summed E-state index contributed by atoms with van der Waals surface area (Å²) in [4.78, 5) is 14.2. The average molecular weight is 319 g/mol. The van der Waals surface area contributed by atoms with Crippen molar-refractivity contribution < 1.29 is 14.4 Å². The van der Waals surface area contributed by atoms with Crippen LogP contribution in [-0.4, -0.2) is 29.2 Å². The molecule has 1 aromatic heterocycles. The van der Waals surface area contributed by atoms with E-state index in [0.717, 1.165) is 0 Å². The van der Waals surface area contributed by atoms with Gasteiger partial charge in [0.05, 0.1) is 17.1 Å². The van der Waals surface area contributed by atoms with Crippen molar-refractivity contribution in [3.63, 3.8) is 0 Å². The lowest BCUT2D eigenvalue weighted by Crippen LogP contribution is -2.25. The molecule has 0 bridgehead atoms. The lowest BCUT2D eigenvalue weighted by Gasteiger charge is -2.22. The maximum Gasteiger partial charge on any atom is 0.332 e. The van der Waals surface area contributed by atoms with Gasteiger partial charge in [0.1, 0.15) is 0 Å². The lowest BCUT2D eigenvalue weighted by molar-refractivity contribution is -0.386. The summed E-state index contributed by atoms with van der Waals surface area (Å²) in [5.41, 5.74) is -0.482. The van der Waals surface area contributed by atoms with Crippen LogP contribution in [0.2, 0.25) is 0 Å². The Hall–Kier alpha value is -1.21. The molecule has 0 spiro atoms. The number of hydrogen-bond acceptors (Lipinski definition) is 5. The summed E-state index contributed by atoms with van der Waals surface area (Å²) in [5.74, 6) is 0.0232. The highest BCUT2D eigenvalue weighted by molar-refractivity contribution is 9.10. The quantitative estimate of drug-likeness (QED) is 0.595. The molecule has 0 atom stereocenters. The van der Waals surface area contributed by atoms with Gasteiger partial charge in [-0.05, 0) is 29.8 Å². The van der Waals surface area contributed by atoms with Gasteiger partial charge in [-0.15, -0.1) is 0 Å². The third-order valence-corrected chi connectivity index (χ3v) is 2.92. The predicted octanol–water partition coefficient (Wildman–Crippen LogP) is 2.95. The molecule has 0 aromatic carbocycles. The number of hydrogen-bond donors (Lipinski definition) is 0. The summed E-state index contributed by atoms with van der Waals surface area (Å²) in [6, 6.07) is 1.36. The van der Waals surface area contributed by atoms with Gasteiger partial charge in [-0.1, -0.05) is 0 Å². The second kappa shape index (κ2) is 6.10. The summed E-state index contributed by atoms with van der Waals surface area (Å²) >= 11 is 3.13. The Labute approximate surface area is 114 Å². The van der Waals surface area contributed by atoms with Gasteiger partial charge in [0.15, 0.2) is 0 Å². The molecule has 0 N–H and O–H groups in total. The van der Waals surface area contributed by atoms with Gasteiger partial charge in [-0.3, -0.25) is 10.1 Å². The molecule has 7 heteroatoms. The van der Waals surface area contributed by atoms with E-state index in [-0.39, 0.29) is 17.2 Å². The smallest absolute Gasteiger partial charge is 0.332 e. The monoisotopic (exact) mass is 318 g/mol. The highest BCUT2D eigenvalue weighted by atomic mass is 79.9. The van der Waals surface area contributed by atoms with E-state index in [1.165, 1.54) is 12.3 Å². The number of ether oxygens (including phenoxy) is 2. The van der Waals surface area contributed by atoms with Gasteiger partial charge >= 0.3 is 5.69 Å². The van der Waals surface area contributed by atoms with E-state index in [9.17, 15) is 10.1 Å². The second-order valence-corrected chi connectivity index (χ2v) is 5.21. The van der Waals surface area contributed by atoms with Crippen molar-refractivity contribution in [2.45, 2.75) is 25.9 Å². The Kier molecular flexibility index (Phi) is 5.03. The number of aromatic nitrogens is 1. The first-order chi connectivity index (χ1) is 8.35. The Morgan fingerprint density at radius 1 is 1.56 bits per heavy atom. The molecule has 1 rings (SSSR count). The number of methoxy groups -OCH3 is 1. The van der Waals surface area contributed by atoms with Crippen LogP contribution in [-0.2, 0) is 4.74 Å². The molecule has 0 saturated heterocycles. The van der Waals surface area contributed by atoms with Crippen molar-refractivity contribution in [1.82, 2.24) is 4.98 Å². The fraction of sp³-hybridized carbons (Fsp3) is 0.545. The molecule has 0 radical (unpaired) electrons. The Balaban J connectivity index is 2.70. The van der Waals surface area contributed by atoms with E-state index < -0.39 is 4.92 Å². The van der Waals surface area contributed by atoms with Crippen molar-refractivity contribution in [3.05, 3.63) is 26.9 Å². The van der Waals surface area contributed by atoms with Crippen molar-refractivity contribution >= 4 is 21.6 Å². The summed E-state index contributed by atoms with van der Waals surface area (Å²) in [6.07, 6.45) is 2.07. The van der Waals surface area contributed by atoms with Gasteiger partial charge in [-0.25, -0.2) is 4.98 Å². The van der Waals surface area contributed by atoms with E-state index >= 15 is 0 Å². The van der Waals surface area contributed by atoms with Crippen LogP contribution in [0, 0.1) is 10.1 Å². The highest BCUT2D eigenvalue weighted by Crippen LogP contribution is 2.27. The number of pyridine rings is 1. The van der Waals surface area contributed by atoms with Gasteiger partial charge in [0.25, 0.3) is 5.88 Å². The molecule has 0 aliphatic heterocycles. The van der Waals surface area contributed by atoms with E-state index in [1.54, 1.807) is 7.11 Å². The molecule has 1 heterocycles. The van der Waals surface area contributed by atoms with E-state index in [2.05, 4.69) is 20.9 Å². The number of halogens is 1. The second-order valence-electron chi connectivity index (χ2n) is 4.30. The zero-order chi connectivity index (χ0) is 13.8. The first-order valence-electron chi connectivity index (χ1n) is 5.33. The van der Waals surface area contributed by atoms with Crippen LogP contribution >= 0.6 is 15.9 Å². The topological polar surface area (TPSA) is 74.5 Å². The molecule has 6 nitrogen and oxygen atoms in total. The number of rotatable bonds is 6. The van der Waals surface area contributed by atoms with Crippen LogP contribution in [0.3, 0.4) is 0 Å². The molecule has 0 amide bonds. The normalized spacial score (nSPS) is 11.3. The van der Waals surface area contributed by atoms with E-state index in [4.69, 9.17) is 9.47 Å². The maximum atomic E-state index is 10.8. The first kappa shape index (κ1) is 14.8. The highest BCUT2D eigenvalue weighted by Gasteiger charge is 2.20. The van der Waals surface area contributed by atoms with Crippen molar-refractivity contribution in [1.29, 1.82) is 0 Å². The van der Waals surface area contributed by atoms with Crippen LogP contribution < -0.4 is 4.74 Å². The van der Waals surface area contributed by atoms with Gasteiger partial charge in [-0.2, -0.15) is 0 Å². The Morgan fingerprint density at radius 2 is 2.22 bits per heavy atom. The van der Waals surface area contributed by atoms with Crippen molar-refractivity contribution in [2.24, 2.45) is 0 Å². The zero-order valence-corrected chi connectivity index (χ0v) is 12.1. The van der Waals surface area contributed by atoms with Gasteiger partial charge in [0, 0.05) is 30.3 Å². The van der Waals surface area contributed by atoms with Crippen LogP contribution in [0.15, 0.2) is 16.7 Å². The molecule has 18 heavy (non-hydrogen) atoms. The molecule has 0 aliphatic carbocycles. The third-order valence-electron chi connectivity index (χ3n) is 2.49. The van der Waals surface area contributed by atoms with Crippen LogP contribution in [0.4, 0.5) is 5.69 Å². The molecule has 0 aliphatic rings. The maximum absolute atomic E-state index is 10.8. The minimum atomic E-state index is -0.519. The van der Waals surface area contributed by atoms with Crippen molar-refractivity contribution in [2.75, 3.05) is 13.7 Å². The third kappa shape index (κ3) is 4.23. The zero-order valence-electron chi connectivity index (χ0n) is 10.5. The molecule has 1 aromatic rings. The van der Waals surface area contributed by atoms with E-state index in [0.29, 0.717) is 17.5 Å². The number of nitro groups is 1. The summed E-state index contributed by atoms with van der Waals surface area (Å²) in [7, 11) is 1.61. The first-order valence-corrected chi connectivity index (χ1v) is 6.13. The van der Waals surface area contributed by atoms with Crippen LogP contribution in [0.25, 0.3) is 0 Å². The summed E-state index contributed by atoms with van der Waals surface area (Å²) < 4.78 is 11.1. The van der Waals surface area contributed by atoms with E-state index in [1.807, 2.05) is 13.8 Å². The molecule has 100 valence electrons. The minimum Gasteiger partial charge on any atom is -0.473 e. The van der Waals surface area contributed by atoms with Crippen LogP contribution in [0.5, 0.6) is 5.88 Å². The van der Waals surface area contributed by atoms with Crippen LogP contribution in [0.1, 0.15) is 20.3 Å². The summed E-state index contributed by atoms with van der Waals surface area (Å²) in [5, 5.41) is 10.8. The number of nitrogens with zero attached hydrogens (tertiary/aromatic N) is 2. The lowest BCUT2D eigenvalue weighted by atomic mass is 10.1. The van der Waals surface area contributed by atoms with Gasteiger partial charge in [0.2, 0.25) is 0 Å². The SMILES string of the molecule is COC(C)(C)CCOc1ncc(Br)cc1[N+](=O)[O-]. The fourth-order valence-electron chi connectivity index (χ4n) is 1.15. The largest absolute Gasteiger partial charge is 0.473 e. The fourth-order valence-corrected chi connectivity index (χ4v) is 1.47. The van der Waals surface area contributed by atoms with Crippen molar-refractivity contribution in [3.8, 4) is 5.88 Å². The minimum absolute atomic E-state index is 0.0232. The predicted molar refractivity (Wildman–Crippen MR) is 69.8 cm³/mol. The molecule has 0 saturated carbocycles. The summed E-state index contributed by atoms with van der Waals surface area (Å²) in [6.45, 7) is 4.13.